The summed E-state index contributed by atoms with van der Waals surface area (Å²) in [5.41, 5.74) is 2.76. The van der Waals surface area contributed by atoms with Crippen LogP contribution in [-0.2, 0) is 9.53 Å². The molecular formula is C55H74Cl4N10O7. The van der Waals surface area contributed by atoms with E-state index in [4.69, 9.17) is 61.4 Å². The van der Waals surface area contributed by atoms with Crippen molar-refractivity contribution in [2.24, 2.45) is 0 Å². The fourth-order valence-corrected chi connectivity index (χ4v) is 12.1. The first kappa shape index (κ1) is 59.3. The van der Waals surface area contributed by atoms with Crippen molar-refractivity contribution in [1.29, 1.82) is 0 Å². The highest BCUT2D eigenvalue weighted by atomic mass is 35.5. The second-order valence-electron chi connectivity index (χ2n) is 19.8. The number of nitrogens with zero attached hydrogens (tertiary/aromatic N) is 8. The van der Waals surface area contributed by atoms with Crippen LogP contribution in [0.3, 0.4) is 0 Å². The standard InChI is InChI=1S/C28H37Cl2N5O4.C27H37Cl2N5O3/c1-3-22-18-34(26-24(30)16-20(17-32-26)27(37)31-10-15-36)13-14-35(22)23-8-11-33(12-9-23)25(28(38)39-2)19-4-6-21(29)7-5-19;1-2-22-17-33(26-24(29)15-20(16-31-26)27(37)30-9-14-35)12-13-34(22)23-7-10-32(11-8-23)25(18-36)19-3-5-21(28)6-4-19/h4-7,16-17,22-23,25,36H,3,8-15,18H2,1-2H3,(H,31,37);3-6,15-16,22-23,25,35-36H,2,7-14,17-18H2,1H3,(H,30,37)/t2*22-,25?/m00/s1. The molecule has 0 radical (unpaired) electrons. The van der Waals surface area contributed by atoms with Crippen molar-refractivity contribution in [3.63, 3.8) is 0 Å². The normalized spacial score (nSPS) is 20.3. The van der Waals surface area contributed by atoms with Gasteiger partial charge in [0.1, 0.15) is 17.7 Å². The zero-order valence-corrected chi connectivity index (χ0v) is 46.8. The van der Waals surface area contributed by atoms with E-state index in [0.29, 0.717) is 67.0 Å². The van der Waals surface area contributed by atoms with Gasteiger partial charge in [-0.25, -0.2) is 14.8 Å². The fourth-order valence-electron chi connectivity index (χ4n) is 11.3. The number of piperidine rings is 2. The van der Waals surface area contributed by atoms with Crippen molar-refractivity contribution < 1.29 is 34.4 Å². The molecule has 0 aliphatic carbocycles. The molecular weight excluding hydrogens is 1050 g/mol. The number of carbonyl (C=O) groups excluding carboxylic acids is 3. The van der Waals surface area contributed by atoms with Crippen LogP contribution in [0, 0.1) is 0 Å². The third-order valence-corrected chi connectivity index (χ3v) is 16.4. The zero-order chi connectivity index (χ0) is 54.3. The molecule has 4 fully saturated rings. The topological polar surface area (TPSA) is 190 Å². The average Bonchev–Trinajstić information content (AvgIpc) is 3.46. The SMILES string of the molecule is CC[C@H]1CN(c2ncc(C(=O)NCCO)cc2Cl)CCN1C1CCN(C(C(=O)OC)c2ccc(Cl)cc2)CC1.CC[C@H]1CN(c2ncc(C(=O)NCCO)cc2Cl)CCN1C1CCN(C(CO)c2ccc(Cl)cc2)CC1. The van der Waals surface area contributed by atoms with Gasteiger partial charge in [0.2, 0.25) is 0 Å². The first-order valence-electron chi connectivity index (χ1n) is 26.6. The van der Waals surface area contributed by atoms with Gasteiger partial charge in [0, 0.05) is 125 Å². The number of carbonyl (C=O) groups is 3. The fraction of sp³-hybridized carbons (Fsp3) is 0.545. The number of piperazine rings is 2. The molecule has 2 unspecified atom stereocenters. The van der Waals surface area contributed by atoms with Gasteiger partial charge in [-0.3, -0.25) is 29.2 Å². The van der Waals surface area contributed by atoms with E-state index in [9.17, 15) is 19.5 Å². The number of hydrogen-bond donors (Lipinski definition) is 5. The highest BCUT2D eigenvalue weighted by Gasteiger charge is 2.38. The number of pyridine rings is 2. The number of likely N-dealkylation sites (tertiary alicyclic amines) is 2. The Morgan fingerprint density at radius 1 is 0.618 bits per heavy atom. The Labute approximate surface area is 467 Å². The van der Waals surface area contributed by atoms with E-state index in [-0.39, 0.29) is 56.7 Å². The van der Waals surface area contributed by atoms with Gasteiger partial charge < -0.3 is 40.5 Å². The Morgan fingerprint density at radius 3 is 1.42 bits per heavy atom. The van der Waals surface area contributed by atoms with E-state index >= 15 is 0 Å². The molecule has 414 valence electrons. The lowest BCUT2D eigenvalue weighted by Gasteiger charge is -2.48. The minimum atomic E-state index is -0.436. The van der Waals surface area contributed by atoms with Gasteiger partial charge in [-0.1, -0.05) is 84.5 Å². The van der Waals surface area contributed by atoms with Gasteiger partial charge in [0.05, 0.1) is 54.1 Å². The molecule has 2 aromatic heterocycles. The number of anilines is 2. The lowest BCUT2D eigenvalue weighted by molar-refractivity contribution is -0.148. The van der Waals surface area contributed by atoms with Crippen molar-refractivity contribution in [3.05, 3.63) is 115 Å². The minimum absolute atomic E-state index is 0.000977. The van der Waals surface area contributed by atoms with Crippen LogP contribution in [0.15, 0.2) is 73.1 Å². The molecule has 2 aromatic carbocycles. The number of aliphatic hydroxyl groups excluding tert-OH is 3. The van der Waals surface area contributed by atoms with Crippen molar-refractivity contribution in [1.82, 2.24) is 40.2 Å². The maximum Gasteiger partial charge on any atom is 0.327 e. The number of halogens is 4. The number of rotatable bonds is 18. The number of nitrogens with one attached hydrogen (secondary N) is 2. The molecule has 0 bridgehead atoms. The summed E-state index contributed by atoms with van der Waals surface area (Å²) in [5, 5.41) is 35.5. The number of aromatic nitrogens is 2. The molecule has 4 aromatic rings. The third-order valence-electron chi connectivity index (χ3n) is 15.3. The van der Waals surface area contributed by atoms with Crippen LogP contribution in [0.1, 0.15) is 96.3 Å². The van der Waals surface area contributed by atoms with E-state index in [0.717, 1.165) is 115 Å². The first-order chi connectivity index (χ1) is 36.8. The Balaban J connectivity index is 0.000000221. The van der Waals surface area contributed by atoms with Gasteiger partial charge in [0.25, 0.3) is 11.8 Å². The summed E-state index contributed by atoms with van der Waals surface area (Å²) >= 11 is 25.2. The molecule has 0 spiro atoms. The predicted molar refractivity (Wildman–Crippen MR) is 300 cm³/mol. The Morgan fingerprint density at radius 2 is 1.04 bits per heavy atom. The number of hydrogen-bond acceptors (Lipinski definition) is 15. The molecule has 5 N–H and O–H groups in total. The molecule has 8 rings (SSSR count). The molecule has 76 heavy (non-hydrogen) atoms. The lowest BCUT2D eigenvalue weighted by Crippen LogP contribution is -2.58. The second kappa shape index (κ2) is 29.0. The second-order valence-corrected chi connectivity index (χ2v) is 21.5. The number of methoxy groups -OCH3 is 1. The summed E-state index contributed by atoms with van der Waals surface area (Å²) in [6, 6.07) is 19.7. The molecule has 17 nitrogen and oxygen atoms in total. The van der Waals surface area contributed by atoms with E-state index < -0.39 is 6.04 Å². The van der Waals surface area contributed by atoms with Crippen LogP contribution in [0.25, 0.3) is 0 Å². The summed E-state index contributed by atoms with van der Waals surface area (Å²) in [6.45, 7) is 13.2. The average molecular weight is 1130 g/mol. The van der Waals surface area contributed by atoms with Gasteiger partial charge in [-0.15, -0.1) is 0 Å². The van der Waals surface area contributed by atoms with Crippen LogP contribution in [0.2, 0.25) is 20.1 Å². The molecule has 6 heterocycles. The van der Waals surface area contributed by atoms with Crippen LogP contribution in [0.5, 0.6) is 0 Å². The number of ether oxygens (including phenoxy) is 1. The lowest BCUT2D eigenvalue weighted by atomic mass is 9.95. The number of amides is 2. The maximum absolute atomic E-state index is 12.7. The number of aliphatic hydroxyl groups is 3. The highest BCUT2D eigenvalue weighted by molar-refractivity contribution is 6.33. The zero-order valence-electron chi connectivity index (χ0n) is 43.8. The third kappa shape index (κ3) is 15.0. The van der Waals surface area contributed by atoms with E-state index in [1.54, 1.807) is 18.3 Å². The molecule has 4 aliphatic rings. The smallest absolute Gasteiger partial charge is 0.327 e. The van der Waals surface area contributed by atoms with Crippen LogP contribution < -0.4 is 20.4 Å². The first-order valence-corrected chi connectivity index (χ1v) is 28.1. The summed E-state index contributed by atoms with van der Waals surface area (Å²) in [4.78, 5) is 60.4. The van der Waals surface area contributed by atoms with Crippen LogP contribution in [0.4, 0.5) is 11.6 Å². The van der Waals surface area contributed by atoms with Crippen LogP contribution in [-0.4, -0.2) is 192 Å². The monoisotopic (exact) mass is 1130 g/mol. The van der Waals surface area contributed by atoms with Gasteiger partial charge >= 0.3 is 5.97 Å². The van der Waals surface area contributed by atoms with Crippen molar-refractivity contribution in [2.75, 3.05) is 115 Å². The van der Waals surface area contributed by atoms with Gasteiger partial charge in [-0.05, 0) is 86.1 Å². The maximum atomic E-state index is 12.7. The molecule has 0 saturated carbocycles. The quantitative estimate of drug-likeness (QED) is 0.0670. The van der Waals surface area contributed by atoms with Crippen LogP contribution >= 0.6 is 46.4 Å². The molecule has 4 saturated heterocycles. The highest BCUT2D eigenvalue weighted by Crippen LogP contribution is 2.35. The predicted octanol–water partition coefficient (Wildman–Crippen LogP) is 6.60. The molecule has 21 heteroatoms. The van der Waals surface area contributed by atoms with Gasteiger partial charge in [-0.2, -0.15) is 0 Å². The van der Waals surface area contributed by atoms with E-state index in [1.165, 1.54) is 13.3 Å². The Hall–Kier alpha value is -4.37. The molecule has 4 atom stereocenters. The number of esters is 1. The van der Waals surface area contributed by atoms with Gasteiger partial charge in [0.15, 0.2) is 0 Å². The summed E-state index contributed by atoms with van der Waals surface area (Å²) in [7, 11) is 1.43. The largest absolute Gasteiger partial charge is 0.468 e. The molecule has 2 amide bonds. The summed E-state index contributed by atoms with van der Waals surface area (Å²) < 4.78 is 5.15. The Bertz CT molecular complexity index is 2500. The summed E-state index contributed by atoms with van der Waals surface area (Å²) in [5.74, 6) is 0.543. The van der Waals surface area contributed by atoms with Crippen molar-refractivity contribution in [3.8, 4) is 0 Å². The van der Waals surface area contributed by atoms with Crippen molar-refractivity contribution >= 4 is 75.8 Å². The Kier molecular flexibility index (Phi) is 22.6. The van der Waals surface area contributed by atoms with E-state index in [2.05, 4.69) is 63.8 Å². The molecule has 4 aliphatic heterocycles. The summed E-state index contributed by atoms with van der Waals surface area (Å²) in [6.07, 6.45) is 9.17. The minimum Gasteiger partial charge on any atom is -0.468 e. The van der Waals surface area contributed by atoms with Crippen molar-refractivity contribution in [2.45, 2.75) is 88.6 Å². The van der Waals surface area contributed by atoms with E-state index in [1.807, 2.05) is 48.5 Å². The number of benzene rings is 2.